The molecule has 81 heavy (non-hydrogen) atoms. The molecule has 2 heterocycles. The van der Waals surface area contributed by atoms with Crippen LogP contribution in [0.15, 0.2) is 231 Å². The highest BCUT2D eigenvalue weighted by Crippen LogP contribution is 2.66. The van der Waals surface area contributed by atoms with Crippen molar-refractivity contribution >= 4 is 67.7 Å². The molecule has 0 atom stereocenters. The standard InChI is InChI=1S/C71H50F6O2S2/c1-43(78)47-25-33-55(34-26-47)63(51-17-9-5-10-18-51)65(53-21-13-7-14-22-53)57-37-29-49(30-38-57)61-41-59(45(3)80-61)67-68(70(74,75)71(76,77)69(67,72)73)60-42-62(81-46(60)4)50-31-39-58(40-32-50)66(54-23-15-8-16-24-54)64(52-19-11-6-12-20-52)56-35-27-48(28-36-56)44(2)79/h5-42H,1-4H3. The van der Waals surface area contributed by atoms with E-state index in [0.29, 0.717) is 32.0 Å². The van der Waals surface area contributed by atoms with E-state index < -0.39 is 28.9 Å². The van der Waals surface area contributed by atoms with Crippen molar-refractivity contribution in [1.29, 1.82) is 0 Å². The van der Waals surface area contributed by atoms with Crippen molar-refractivity contribution in [2.45, 2.75) is 45.5 Å². The van der Waals surface area contributed by atoms with Crippen molar-refractivity contribution < 1.29 is 35.9 Å². The predicted octanol–water partition coefficient (Wildman–Crippen LogP) is 20.0. The molecule has 1 aliphatic rings. The molecule has 8 aromatic carbocycles. The molecule has 0 N–H and O–H groups in total. The fourth-order valence-electron chi connectivity index (χ4n) is 10.8. The van der Waals surface area contributed by atoms with Gasteiger partial charge in [0.05, 0.1) is 0 Å². The van der Waals surface area contributed by atoms with Gasteiger partial charge in [-0.3, -0.25) is 9.59 Å². The molecule has 10 aromatic rings. The van der Waals surface area contributed by atoms with E-state index in [2.05, 4.69) is 0 Å². The van der Waals surface area contributed by atoms with E-state index in [-0.39, 0.29) is 32.4 Å². The summed E-state index contributed by atoms with van der Waals surface area (Å²) in [6, 6.07) is 71.6. The highest BCUT2D eigenvalue weighted by atomic mass is 32.1. The number of aryl methyl sites for hydroxylation is 2. The Morgan fingerprint density at radius 3 is 0.790 bits per heavy atom. The van der Waals surface area contributed by atoms with Crippen LogP contribution in [0.1, 0.15) is 100.0 Å². The van der Waals surface area contributed by atoms with Gasteiger partial charge in [-0.15, -0.1) is 22.7 Å². The van der Waals surface area contributed by atoms with E-state index in [1.54, 1.807) is 24.3 Å². The first-order valence-corrected chi connectivity index (χ1v) is 27.8. The SMILES string of the molecule is CC(=O)c1ccc(C(=C(c2ccccc2)c2ccc(-c3cc(C4=C(c5cc(-c6ccc(C(=C(c7ccccc7)c7ccc(C(C)=O)cc7)c7ccccc7)cc6)sc5C)C(F)(F)C(F)(F)C4(F)F)c(C)s3)cc2)c2ccccc2)cc1. The first-order valence-electron chi connectivity index (χ1n) is 26.2. The van der Waals surface area contributed by atoms with Crippen molar-refractivity contribution in [3.8, 4) is 20.9 Å². The molecular formula is C71H50F6O2S2. The van der Waals surface area contributed by atoms with E-state index in [1.165, 1.54) is 39.8 Å². The van der Waals surface area contributed by atoms with Gasteiger partial charge in [-0.05, 0) is 129 Å². The molecule has 0 unspecified atom stereocenters. The largest absolute Gasteiger partial charge is 0.380 e. The fraction of sp³-hybridized carbons (Fsp3) is 0.0986. The summed E-state index contributed by atoms with van der Waals surface area (Å²) < 4.78 is 98.3. The van der Waals surface area contributed by atoms with E-state index in [1.807, 2.05) is 194 Å². The molecule has 11 rings (SSSR count). The summed E-state index contributed by atoms with van der Waals surface area (Å²) in [6.45, 7) is 6.01. The van der Waals surface area contributed by atoms with E-state index in [4.69, 9.17) is 0 Å². The highest BCUT2D eigenvalue weighted by molar-refractivity contribution is 7.16. The summed E-state index contributed by atoms with van der Waals surface area (Å²) in [4.78, 5) is 25.8. The second kappa shape index (κ2) is 21.7. The smallest absolute Gasteiger partial charge is 0.295 e. The number of carbonyl (C=O) groups excluding carboxylic acids is 2. The molecule has 2 aromatic heterocycles. The molecule has 0 spiro atoms. The Kier molecular flexibility index (Phi) is 14.6. The lowest BCUT2D eigenvalue weighted by atomic mass is 9.85. The number of halogens is 6. The topological polar surface area (TPSA) is 34.1 Å². The summed E-state index contributed by atoms with van der Waals surface area (Å²) in [7, 11) is 0. The van der Waals surface area contributed by atoms with Gasteiger partial charge in [-0.25, -0.2) is 0 Å². The van der Waals surface area contributed by atoms with Crippen LogP contribution < -0.4 is 0 Å². The van der Waals surface area contributed by atoms with Gasteiger partial charge < -0.3 is 0 Å². The lowest BCUT2D eigenvalue weighted by molar-refractivity contribution is -0.254. The minimum atomic E-state index is -5.75. The number of rotatable bonds is 14. The van der Waals surface area contributed by atoms with Crippen LogP contribution in [0.25, 0.3) is 54.3 Å². The number of ketones is 2. The number of thiophene rings is 2. The molecule has 2 nitrogen and oxygen atoms in total. The minimum Gasteiger partial charge on any atom is -0.295 e. The summed E-state index contributed by atoms with van der Waals surface area (Å²) >= 11 is 2.13. The molecule has 10 heteroatoms. The lowest BCUT2D eigenvalue weighted by Gasteiger charge is -2.25. The van der Waals surface area contributed by atoms with Crippen LogP contribution in [-0.4, -0.2) is 29.3 Å². The fourth-order valence-corrected chi connectivity index (χ4v) is 12.8. The van der Waals surface area contributed by atoms with E-state index in [9.17, 15) is 9.59 Å². The number of alkyl halides is 6. The number of allylic oxidation sites excluding steroid dienone is 2. The van der Waals surface area contributed by atoms with Gasteiger partial charge >= 0.3 is 17.8 Å². The third-order valence-corrected chi connectivity index (χ3v) is 17.1. The zero-order chi connectivity index (χ0) is 56.8. The zero-order valence-electron chi connectivity index (χ0n) is 44.3. The number of hydrogen-bond donors (Lipinski definition) is 0. The van der Waals surface area contributed by atoms with Gasteiger partial charge in [0.25, 0.3) is 0 Å². The van der Waals surface area contributed by atoms with Crippen molar-refractivity contribution in [3.05, 3.63) is 307 Å². The molecule has 1 aliphatic carbocycles. The lowest BCUT2D eigenvalue weighted by Crippen LogP contribution is -2.48. The number of hydrogen-bond acceptors (Lipinski definition) is 4. The zero-order valence-corrected chi connectivity index (χ0v) is 46.0. The first-order chi connectivity index (χ1) is 38.9. The molecule has 0 saturated carbocycles. The second-order valence-electron chi connectivity index (χ2n) is 20.0. The van der Waals surface area contributed by atoms with Gasteiger partial charge in [0.2, 0.25) is 0 Å². The van der Waals surface area contributed by atoms with Crippen molar-refractivity contribution in [3.63, 3.8) is 0 Å². The Bertz CT molecular complexity index is 3810. The third-order valence-electron chi connectivity index (χ3n) is 14.9. The average molecular weight is 1110 g/mol. The Hall–Kier alpha value is -8.70. The van der Waals surface area contributed by atoms with Gasteiger partial charge in [0.15, 0.2) is 11.6 Å². The van der Waals surface area contributed by atoms with Crippen molar-refractivity contribution in [2.24, 2.45) is 0 Å². The van der Waals surface area contributed by atoms with Gasteiger partial charge in [0.1, 0.15) is 0 Å². The molecule has 400 valence electrons. The van der Waals surface area contributed by atoms with Gasteiger partial charge in [-0.2, -0.15) is 26.3 Å². The summed E-state index contributed by atoms with van der Waals surface area (Å²) in [6.07, 6.45) is 0. The normalized spacial score (nSPS) is 15.0. The summed E-state index contributed by atoms with van der Waals surface area (Å²) in [5, 5.41) is 0. The number of benzene rings is 8. The Morgan fingerprint density at radius 2 is 0.543 bits per heavy atom. The predicted molar refractivity (Wildman–Crippen MR) is 319 cm³/mol. The van der Waals surface area contributed by atoms with Crippen LogP contribution in [0, 0.1) is 13.8 Å². The molecule has 0 bridgehead atoms. The monoisotopic (exact) mass is 1110 g/mol. The Morgan fingerprint density at radius 1 is 0.321 bits per heavy atom. The van der Waals surface area contributed by atoms with Crippen molar-refractivity contribution in [1.82, 2.24) is 0 Å². The molecule has 0 saturated heterocycles. The first kappa shape index (κ1) is 54.3. The number of carbonyl (C=O) groups is 2. The van der Waals surface area contributed by atoms with Crippen LogP contribution in [0.5, 0.6) is 0 Å². The Labute approximate surface area is 474 Å². The summed E-state index contributed by atoms with van der Waals surface area (Å²) in [5.74, 6) is -16.4. The molecule has 0 amide bonds. The molecule has 0 fully saturated rings. The molecule has 0 radical (unpaired) electrons. The van der Waals surface area contributed by atoms with Gasteiger partial charge in [-0.1, -0.05) is 218 Å². The van der Waals surface area contributed by atoms with E-state index >= 15 is 26.3 Å². The van der Waals surface area contributed by atoms with Crippen LogP contribution in [0.3, 0.4) is 0 Å². The van der Waals surface area contributed by atoms with Crippen LogP contribution >= 0.6 is 22.7 Å². The van der Waals surface area contributed by atoms with Crippen LogP contribution in [0.2, 0.25) is 0 Å². The maximum absolute atomic E-state index is 16.6. The molecule has 0 aliphatic heterocycles. The van der Waals surface area contributed by atoms with Crippen molar-refractivity contribution in [2.75, 3.05) is 0 Å². The highest BCUT2D eigenvalue weighted by Gasteiger charge is 2.80. The number of Topliss-reactive ketones (excluding diaryl/α,β-unsaturated/α-hetero) is 2. The maximum atomic E-state index is 16.6. The van der Waals surface area contributed by atoms with E-state index in [0.717, 1.165) is 89.5 Å². The average Bonchev–Trinajstić information content (AvgIpc) is 4.32. The third kappa shape index (κ3) is 9.97. The van der Waals surface area contributed by atoms with Gasteiger partial charge in [0, 0.05) is 41.8 Å². The Balaban J connectivity index is 0.994. The summed E-state index contributed by atoms with van der Waals surface area (Å²) in [5.41, 5.74) is 9.28. The molecular weight excluding hydrogens is 1060 g/mol. The van der Waals surface area contributed by atoms with Crippen LogP contribution in [-0.2, 0) is 0 Å². The van der Waals surface area contributed by atoms with Crippen LogP contribution in [0.4, 0.5) is 26.3 Å². The second-order valence-corrected chi connectivity index (χ2v) is 22.5. The minimum absolute atomic E-state index is 0.0597. The maximum Gasteiger partial charge on any atom is 0.380 e. The quantitative estimate of drug-likeness (QED) is 0.0618.